The quantitative estimate of drug-likeness (QED) is 0.154. The number of carbonyl (C=O) groups excluding carboxylic acids is 1. The maximum Gasteiger partial charge on any atom is 0.336 e. The van der Waals surface area contributed by atoms with Crippen molar-refractivity contribution in [3.63, 3.8) is 0 Å². The van der Waals surface area contributed by atoms with E-state index in [-0.39, 0.29) is 18.4 Å². The largest absolute Gasteiger partial charge is 0.479 e. The van der Waals surface area contributed by atoms with E-state index < -0.39 is 17.2 Å². The number of fused-ring (bicyclic) bond motifs is 1. The van der Waals surface area contributed by atoms with Crippen LogP contribution in [0.2, 0.25) is 5.02 Å². The Bertz CT molecular complexity index is 1860. The van der Waals surface area contributed by atoms with Crippen molar-refractivity contribution in [1.82, 2.24) is 5.32 Å². The predicted octanol–water partition coefficient (Wildman–Crippen LogP) is 8.44. The highest BCUT2D eigenvalue weighted by molar-refractivity contribution is 6.30. The molecule has 230 valence electrons. The lowest BCUT2D eigenvalue weighted by atomic mass is 9.87. The van der Waals surface area contributed by atoms with E-state index in [1.807, 2.05) is 73.7 Å². The zero-order chi connectivity index (χ0) is 31.8. The van der Waals surface area contributed by atoms with E-state index in [0.29, 0.717) is 35.6 Å². The van der Waals surface area contributed by atoms with Crippen LogP contribution in [0, 0.1) is 13.8 Å². The van der Waals surface area contributed by atoms with Crippen LogP contribution in [-0.4, -0.2) is 22.6 Å². The molecule has 2 unspecified atom stereocenters. The number of ether oxygens (including phenoxy) is 1. The van der Waals surface area contributed by atoms with Crippen LogP contribution in [0.15, 0.2) is 101 Å². The lowest BCUT2D eigenvalue weighted by Gasteiger charge is -2.34. The number of nitrogens with one attached hydrogen (secondary N) is 1. The molecule has 1 heterocycles. The van der Waals surface area contributed by atoms with Crippen molar-refractivity contribution in [2.75, 3.05) is 0 Å². The number of furan rings is 1. The first kappa shape index (κ1) is 30.6. The summed E-state index contributed by atoms with van der Waals surface area (Å²) in [5.74, 6) is -0.569. The smallest absolute Gasteiger partial charge is 0.336 e. The molecule has 1 fully saturated rings. The molecule has 6 nitrogen and oxygen atoms in total. The first-order valence-corrected chi connectivity index (χ1v) is 15.6. The Balaban J connectivity index is 1.30. The highest BCUT2D eigenvalue weighted by atomic mass is 35.5. The molecule has 0 spiro atoms. The van der Waals surface area contributed by atoms with E-state index in [1.54, 1.807) is 12.1 Å². The third-order valence-corrected chi connectivity index (χ3v) is 9.04. The van der Waals surface area contributed by atoms with Gasteiger partial charge in [-0.2, -0.15) is 0 Å². The molecule has 0 saturated heterocycles. The Morgan fingerprint density at radius 2 is 1.71 bits per heavy atom. The van der Waals surface area contributed by atoms with Gasteiger partial charge >= 0.3 is 5.97 Å². The average molecular weight is 622 g/mol. The summed E-state index contributed by atoms with van der Waals surface area (Å²) in [6.07, 6.45) is 1.49. The first-order valence-electron chi connectivity index (χ1n) is 15.3. The van der Waals surface area contributed by atoms with Gasteiger partial charge in [-0.3, -0.25) is 4.79 Å². The fourth-order valence-electron chi connectivity index (χ4n) is 6.16. The summed E-state index contributed by atoms with van der Waals surface area (Å²) in [6.45, 7) is 6.08. The monoisotopic (exact) mass is 621 g/mol. The van der Waals surface area contributed by atoms with Crippen LogP contribution in [-0.2, 0) is 26.3 Å². The zero-order valence-electron chi connectivity index (χ0n) is 25.6. The summed E-state index contributed by atoms with van der Waals surface area (Å²) >= 11 is 6.19. The first-order chi connectivity index (χ1) is 21.6. The molecule has 4 aromatic carbocycles. The van der Waals surface area contributed by atoms with Crippen LogP contribution >= 0.6 is 11.6 Å². The number of rotatable bonds is 11. The molecule has 1 saturated carbocycles. The number of hydrogen-bond acceptors (Lipinski definition) is 4. The zero-order valence-corrected chi connectivity index (χ0v) is 26.4. The Kier molecular flexibility index (Phi) is 8.29. The van der Waals surface area contributed by atoms with Crippen molar-refractivity contribution in [2.24, 2.45) is 0 Å². The van der Waals surface area contributed by atoms with Gasteiger partial charge in [-0.15, -0.1) is 0 Å². The fraction of sp³-hybridized carbons (Fsp3) is 0.263. The van der Waals surface area contributed by atoms with Crippen LogP contribution in [0.3, 0.4) is 0 Å². The summed E-state index contributed by atoms with van der Waals surface area (Å²) in [6, 6.07) is 30.8. The molecule has 2 atom stereocenters. The number of hydrogen-bond donors (Lipinski definition) is 2. The van der Waals surface area contributed by atoms with Crippen molar-refractivity contribution >= 4 is 34.4 Å². The highest BCUT2D eigenvalue weighted by Crippen LogP contribution is 2.50. The second-order valence-corrected chi connectivity index (χ2v) is 12.5. The number of benzene rings is 4. The van der Waals surface area contributed by atoms with Gasteiger partial charge in [-0.1, -0.05) is 90.8 Å². The van der Waals surface area contributed by atoms with Gasteiger partial charge in [0.2, 0.25) is 5.91 Å². The molecule has 7 heteroatoms. The van der Waals surface area contributed by atoms with Gasteiger partial charge in [-0.25, -0.2) is 4.79 Å². The Labute approximate surface area is 268 Å². The second-order valence-electron chi connectivity index (χ2n) is 12.0. The summed E-state index contributed by atoms with van der Waals surface area (Å²) in [5, 5.41) is 14.6. The lowest BCUT2D eigenvalue weighted by Crippen LogP contribution is -2.39. The molecule has 1 aliphatic rings. The number of carbonyl (C=O) groups is 2. The van der Waals surface area contributed by atoms with Gasteiger partial charge in [-0.05, 0) is 91.3 Å². The predicted molar refractivity (Wildman–Crippen MR) is 175 cm³/mol. The van der Waals surface area contributed by atoms with Gasteiger partial charge in [0.25, 0.3) is 0 Å². The molecule has 2 N–H and O–H groups in total. The molecular weight excluding hydrogens is 586 g/mol. The van der Waals surface area contributed by atoms with Gasteiger partial charge in [0.1, 0.15) is 11.3 Å². The summed E-state index contributed by atoms with van der Waals surface area (Å²) < 4.78 is 12.9. The molecule has 45 heavy (non-hydrogen) atoms. The third kappa shape index (κ3) is 6.13. The van der Waals surface area contributed by atoms with Crippen LogP contribution in [0.4, 0.5) is 0 Å². The van der Waals surface area contributed by atoms with Crippen molar-refractivity contribution in [3.05, 3.63) is 141 Å². The van der Waals surface area contributed by atoms with Crippen molar-refractivity contribution in [3.8, 4) is 0 Å². The highest BCUT2D eigenvalue weighted by Gasteiger charge is 2.58. The van der Waals surface area contributed by atoms with Crippen molar-refractivity contribution < 1.29 is 23.8 Å². The third-order valence-electron chi connectivity index (χ3n) is 8.79. The minimum absolute atomic E-state index is 0.101. The van der Waals surface area contributed by atoms with Crippen LogP contribution < -0.4 is 5.32 Å². The number of halogens is 1. The van der Waals surface area contributed by atoms with Gasteiger partial charge in [0.15, 0.2) is 11.2 Å². The van der Waals surface area contributed by atoms with Crippen LogP contribution in [0.25, 0.3) is 11.0 Å². The Morgan fingerprint density at radius 3 is 2.36 bits per heavy atom. The second kappa shape index (κ2) is 12.2. The molecule has 0 aliphatic heterocycles. The number of carboxylic acid groups (broad SMARTS) is 1. The normalized spacial score (nSPS) is 15.7. The standard InChI is InChI=1S/C38H36ClNO5/c1-4-38(29-12-14-30(39)15-13-29,45-37(18-19-37)36(42)43)33-23-28-21-26(11-17-32(28)44-33)22-34(41)40-35(27-8-6-5-7-9-27)31-16-10-24(2)20-25(31)3/h5-17,20-21,23,35H,4,18-19,22H2,1-3H3,(H,40,41)(H,42,43). The molecule has 1 aromatic heterocycles. The summed E-state index contributed by atoms with van der Waals surface area (Å²) in [4.78, 5) is 25.7. The average Bonchev–Trinajstić information content (AvgIpc) is 3.69. The van der Waals surface area contributed by atoms with Crippen LogP contribution in [0.5, 0.6) is 0 Å². The molecule has 5 aromatic rings. The fourth-order valence-corrected chi connectivity index (χ4v) is 6.29. The number of amides is 1. The Hall–Kier alpha value is -4.39. The van der Waals surface area contributed by atoms with Gasteiger partial charge < -0.3 is 19.6 Å². The minimum atomic E-state index is -1.26. The summed E-state index contributed by atoms with van der Waals surface area (Å²) in [5.41, 5.74) is 4.19. The number of aryl methyl sites for hydroxylation is 2. The summed E-state index contributed by atoms with van der Waals surface area (Å²) in [7, 11) is 0. The van der Waals surface area contributed by atoms with E-state index in [0.717, 1.165) is 33.2 Å². The molecule has 0 bridgehead atoms. The van der Waals surface area contributed by atoms with E-state index in [4.69, 9.17) is 20.8 Å². The van der Waals surface area contributed by atoms with Gasteiger partial charge in [0.05, 0.1) is 12.5 Å². The number of carboxylic acids is 1. The van der Waals surface area contributed by atoms with Crippen molar-refractivity contribution in [2.45, 2.75) is 63.7 Å². The van der Waals surface area contributed by atoms with Crippen molar-refractivity contribution in [1.29, 1.82) is 0 Å². The van der Waals surface area contributed by atoms with E-state index in [9.17, 15) is 14.7 Å². The van der Waals surface area contributed by atoms with E-state index >= 15 is 0 Å². The number of aliphatic carboxylic acids is 1. The maximum atomic E-state index is 13.5. The topological polar surface area (TPSA) is 88.8 Å². The molecule has 6 rings (SSSR count). The van der Waals surface area contributed by atoms with Gasteiger partial charge in [0, 0.05) is 10.4 Å². The van der Waals surface area contributed by atoms with Crippen LogP contribution in [0.1, 0.15) is 71.4 Å². The van der Waals surface area contributed by atoms with E-state index in [2.05, 4.69) is 37.4 Å². The van der Waals surface area contributed by atoms with E-state index in [1.165, 1.54) is 5.56 Å². The molecule has 1 aliphatic carbocycles. The lowest BCUT2D eigenvalue weighted by molar-refractivity contribution is -0.169. The maximum absolute atomic E-state index is 13.5. The minimum Gasteiger partial charge on any atom is -0.479 e. The molecular formula is C38H36ClNO5. The SMILES string of the molecule is CCC(OC1(C(=O)O)CC1)(c1ccc(Cl)cc1)c1cc2cc(CC(=O)NC(c3ccccc3)c3ccc(C)cc3C)ccc2o1. The molecule has 1 amide bonds. The Morgan fingerprint density at radius 1 is 0.978 bits per heavy atom. The molecule has 0 radical (unpaired) electrons.